The standard InChI is InChI=1S/C9H11N3O3S/c1-2-11-16(13,14)6-3-4-8-7(5-6)12-9(10)15-8/h3-5,11H,2H2,1H3,(H2,10,12). The van der Waals surface area contributed by atoms with E-state index in [2.05, 4.69) is 9.71 Å². The number of sulfonamides is 1. The lowest BCUT2D eigenvalue weighted by atomic mass is 10.3. The zero-order valence-corrected chi connectivity index (χ0v) is 9.41. The number of nitrogens with zero attached hydrogens (tertiary/aromatic N) is 1. The Bertz CT molecular complexity index is 618. The molecule has 0 fully saturated rings. The van der Waals surface area contributed by atoms with Gasteiger partial charge in [0.15, 0.2) is 5.58 Å². The summed E-state index contributed by atoms with van der Waals surface area (Å²) in [5.41, 5.74) is 6.26. The van der Waals surface area contributed by atoms with Crippen LogP contribution in [-0.2, 0) is 10.0 Å². The summed E-state index contributed by atoms with van der Waals surface area (Å²) < 4.78 is 30.8. The van der Waals surface area contributed by atoms with Crippen molar-refractivity contribution in [2.45, 2.75) is 11.8 Å². The molecular formula is C9H11N3O3S. The fourth-order valence-corrected chi connectivity index (χ4v) is 2.43. The summed E-state index contributed by atoms with van der Waals surface area (Å²) in [5.74, 6) is 0. The number of oxazole rings is 1. The molecule has 1 aromatic heterocycles. The predicted molar refractivity (Wildman–Crippen MR) is 59.3 cm³/mol. The molecule has 2 aromatic rings. The second-order valence-corrected chi connectivity index (χ2v) is 4.95. The molecule has 3 N–H and O–H groups in total. The van der Waals surface area contributed by atoms with E-state index in [9.17, 15) is 8.42 Å². The summed E-state index contributed by atoms with van der Waals surface area (Å²) >= 11 is 0. The van der Waals surface area contributed by atoms with Crippen molar-refractivity contribution in [1.29, 1.82) is 0 Å². The quantitative estimate of drug-likeness (QED) is 0.824. The Kier molecular flexibility index (Phi) is 2.56. The maximum atomic E-state index is 11.7. The van der Waals surface area contributed by atoms with Crippen LogP contribution in [-0.4, -0.2) is 19.9 Å². The molecule has 6 nitrogen and oxygen atoms in total. The Hall–Kier alpha value is -1.60. The third-order valence-electron chi connectivity index (χ3n) is 2.02. The van der Waals surface area contributed by atoms with Crippen molar-refractivity contribution >= 4 is 27.1 Å². The minimum atomic E-state index is -3.47. The van der Waals surface area contributed by atoms with Crippen molar-refractivity contribution in [2.75, 3.05) is 12.3 Å². The van der Waals surface area contributed by atoms with Gasteiger partial charge in [-0.05, 0) is 18.2 Å². The van der Waals surface area contributed by atoms with Gasteiger partial charge in [0.1, 0.15) is 5.52 Å². The highest BCUT2D eigenvalue weighted by Crippen LogP contribution is 2.20. The molecule has 0 atom stereocenters. The smallest absolute Gasteiger partial charge is 0.292 e. The normalized spacial score (nSPS) is 12.1. The number of rotatable bonds is 3. The van der Waals surface area contributed by atoms with Gasteiger partial charge in [-0.2, -0.15) is 4.98 Å². The molecule has 16 heavy (non-hydrogen) atoms. The molecule has 2 rings (SSSR count). The van der Waals surface area contributed by atoms with E-state index in [0.29, 0.717) is 17.6 Å². The molecule has 86 valence electrons. The summed E-state index contributed by atoms with van der Waals surface area (Å²) in [6.07, 6.45) is 0. The van der Waals surface area contributed by atoms with Crippen LogP contribution in [0, 0.1) is 0 Å². The number of nitrogens with one attached hydrogen (secondary N) is 1. The molecule has 7 heteroatoms. The second kappa shape index (κ2) is 3.76. The van der Waals surface area contributed by atoms with Crippen LogP contribution in [0.25, 0.3) is 11.1 Å². The number of hydrogen-bond donors (Lipinski definition) is 2. The third-order valence-corrected chi connectivity index (χ3v) is 3.56. The third kappa shape index (κ3) is 1.86. The van der Waals surface area contributed by atoms with Crippen LogP contribution in [0.15, 0.2) is 27.5 Å². The van der Waals surface area contributed by atoms with Crippen LogP contribution in [0.2, 0.25) is 0 Å². The zero-order valence-electron chi connectivity index (χ0n) is 8.60. The number of benzene rings is 1. The lowest BCUT2D eigenvalue weighted by Gasteiger charge is -2.03. The highest BCUT2D eigenvalue weighted by atomic mass is 32.2. The Morgan fingerprint density at radius 3 is 2.94 bits per heavy atom. The van der Waals surface area contributed by atoms with Crippen LogP contribution in [0.5, 0.6) is 0 Å². The molecule has 0 amide bonds. The van der Waals surface area contributed by atoms with E-state index in [4.69, 9.17) is 10.2 Å². The first-order valence-corrected chi connectivity index (χ1v) is 6.17. The number of nitrogens with two attached hydrogens (primary N) is 1. The van der Waals surface area contributed by atoms with Crippen molar-refractivity contribution in [3.05, 3.63) is 18.2 Å². The second-order valence-electron chi connectivity index (χ2n) is 3.18. The van der Waals surface area contributed by atoms with E-state index >= 15 is 0 Å². The number of fused-ring (bicyclic) bond motifs is 1. The van der Waals surface area contributed by atoms with Crippen LogP contribution in [0.3, 0.4) is 0 Å². The van der Waals surface area contributed by atoms with E-state index in [1.807, 2.05) is 0 Å². The average Bonchev–Trinajstić information content (AvgIpc) is 2.56. The van der Waals surface area contributed by atoms with Gasteiger partial charge in [0, 0.05) is 6.54 Å². The van der Waals surface area contributed by atoms with Gasteiger partial charge in [-0.3, -0.25) is 0 Å². The maximum absolute atomic E-state index is 11.7. The van der Waals surface area contributed by atoms with Crippen molar-refractivity contribution in [3.8, 4) is 0 Å². The van der Waals surface area contributed by atoms with Gasteiger partial charge in [0.05, 0.1) is 4.90 Å². The van der Waals surface area contributed by atoms with E-state index in [0.717, 1.165) is 0 Å². The summed E-state index contributed by atoms with van der Waals surface area (Å²) in [4.78, 5) is 4.01. The molecule has 1 heterocycles. The van der Waals surface area contributed by atoms with Crippen LogP contribution in [0.1, 0.15) is 6.92 Å². The predicted octanol–water partition coefficient (Wildman–Crippen LogP) is 0.708. The van der Waals surface area contributed by atoms with Gasteiger partial charge in [-0.25, -0.2) is 13.1 Å². The van der Waals surface area contributed by atoms with E-state index < -0.39 is 10.0 Å². The number of aromatic nitrogens is 1. The van der Waals surface area contributed by atoms with Crippen LogP contribution in [0.4, 0.5) is 6.01 Å². The topological polar surface area (TPSA) is 98.2 Å². The summed E-state index contributed by atoms with van der Waals surface area (Å²) in [6.45, 7) is 2.05. The van der Waals surface area contributed by atoms with Crippen LogP contribution < -0.4 is 10.5 Å². The van der Waals surface area contributed by atoms with Gasteiger partial charge < -0.3 is 10.2 Å². The van der Waals surface area contributed by atoms with Crippen molar-refractivity contribution < 1.29 is 12.8 Å². The van der Waals surface area contributed by atoms with Crippen molar-refractivity contribution in [3.63, 3.8) is 0 Å². The summed E-state index contributed by atoms with van der Waals surface area (Å²) in [5, 5.41) is 0. The number of anilines is 1. The first-order valence-electron chi connectivity index (χ1n) is 4.68. The van der Waals surface area contributed by atoms with Gasteiger partial charge in [0.25, 0.3) is 6.01 Å². The molecule has 0 bridgehead atoms. The Morgan fingerprint density at radius 1 is 1.50 bits per heavy atom. The fraction of sp³-hybridized carbons (Fsp3) is 0.222. The number of hydrogen-bond acceptors (Lipinski definition) is 5. The van der Waals surface area contributed by atoms with Crippen LogP contribution >= 0.6 is 0 Å². The van der Waals surface area contributed by atoms with Gasteiger partial charge >= 0.3 is 0 Å². The monoisotopic (exact) mass is 241 g/mol. The molecular weight excluding hydrogens is 230 g/mol. The molecule has 0 spiro atoms. The SMILES string of the molecule is CCNS(=O)(=O)c1ccc2oc(N)nc2c1. The summed E-state index contributed by atoms with van der Waals surface area (Å²) in [6, 6.07) is 4.43. The van der Waals surface area contributed by atoms with Crippen molar-refractivity contribution in [1.82, 2.24) is 9.71 Å². The van der Waals surface area contributed by atoms with E-state index in [1.54, 1.807) is 6.92 Å². The van der Waals surface area contributed by atoms with Crippen molar-refractivity contribution in [2.24, 2.45) is 0 Å². The first-order chi connectivity index (χ1) is 7.53. The highest BCUT2D eigenvalue weighted by molar-refractivity contribution is 7.89. The minimum Gasteiger partial charge on any atom is -0.424 e. The summed E-state index contributed by atoms with van der Waals surface area (Å²) in [7, 11) is -3.47. The molecule has 1 aromatic carbocycles. The Morgan fingerprint density at radius 2 is 2.25 bits per heavy atom. The minimum absolute atomic E-state index is 0.0213. The van der Waals surface area contributed by atoms with E-state index in [1.165, 1.54) is 18.2 Å². The Labute approximate surface area is 92.5 Å². The molecule has 0 aliphatic carbocycles. The molecule has 0 saturated carbocycles. The lowest BCUT2D eigenvalue weighted by molar-refractivity contribution is 0.584. The fourth-order valence-electron chi connectivity index (χ4n) is 1.37. The first kappa shape index (κ1) is 10.9. The average molecular weight is 241 g/mol. The Balaban J connectivity index is 2.54. The molecule has 0 aliphatic heterocycles. The molecule has 0 aliphatic rings. The lowest BCUT2D eigenvalue weighted by Crippen LogP contribution is -2.22. The molecule has 0 radical (unpaired) electrons. The van der Waals surface area contributed by atoms with Gasteiger partial charge in [0.2, 0.25) is 10.0 Å². The number of nitrogen functional groups attached to an aromatic ring is 1. The van der Waals surface area contributed by atoms with E-state index in [-0.39, 0.29) is 10.9 Å². The van der Waals surface area contributed by atoms with Gasteiger partial charge in [-0.1, -0.05) is 6.92 Å². The molecule has 0 saturated heterocycles. The largest absolute Gasteiger partial charge is 0.424 e. The zero-order chi connectivity index (χ0) is 11.8. The highest BCUT2D eigenvalue weighted by Gasteiger charge is 2.14. The van der Waals surface area contributed by atoms with Gasteiger partial charge in [-0.15, -0.1) is 0 Å². The molecule has 0 unspecified atom stereocenters. The maximum Gasteiger partial charge on any atom is 0.292 e.